The van der Waals surface area contributed by atoms with E-state index < -0.39 is 0 Å². The van der Waals surface area contributed by atoms with Crippen LogP contribution in [0.25, 0.3) is 0 Å². The van der Waals surface area contributed by atoms with Gasteiger partial charge in [-0.2, -0.15) is 4.98 Å². The zero-order chi connectivity index (χ0) is 28.8. The van der Waals surface area contributed by atoms with Crippen molar-refractivity contribution in [2.24, 2.45) is 0 Å². The second kappa shape index (κ2) is 17.8. The monoisotopic (exact) mass is 687 g/mol. The zero-order valence-corrected chi connectivity index (χ0v) is 28.1. The number of aliphatic hydroxyl groups is 1. The third kappa shape index (κ3) is 8.78. The van der Waals surface area contributed by atoms with Crippen LogP contribution in [0.4, 0.5) is 23.1 Å². The molecule has 1 aliphatic carbocycles. The number of amides is 1. The number of hydrogen-bond donors (Lipinski definition) is 4. The molecule has 1 fully saturated rings. The molecule has 2 heterocycles. The number of hydrogen-bond acceptors (Lipinski definition) is 9. The van der Waals surface area contributed by atoms with Crippen LogP contribution in [0.2, 0.25) is 5.02 Å². The highest BCUT2D eigenvalue weighted by Crippen LogP contribution is 2.38. The average molecular weight is 690 g/mol. The van der Waals surface area contributed by atoms with Crippen molar-refractivity contribution in [3.63, 3.8) is 0 Å². The van der Waals surface area contributed by atoms with Gasteiger partial charge in [-0.05, 0) is 55.0 Å². The molecule has 0 spiro atoms. The first-order valence-electron chi connectivity index (χ1n) is 14.1. The summed E-state index contributed by atoms with van der Waals surface area (Å²) in [6.45, 7) is 5.06. The van der Waals surface area contributed by atoms with Gasteiger partial charge in [0.05, 0.1) is 36.9 Å². The maximum atomic E-state index is 12.3. The smallest absolute Gasteiger partial charge is 0.253 e. The summed E-state index contributed by atoms with van der Waals surface area (Å²) in [4.78, 5) is 26.3. The lowest BCUT2D eigenvalue weighted by Gasteiger charge is -2.39. The fourth-order valence-corrected chi connectivity index (χ4v) is 5.97. The molecule has 2 aromatic carbocycles. The predicted molar refractivity (Wildman–Crippen MR) is 184 cm³/mol. The van der Waals surface area contributed by atoms with Crippen LogP contribution in [0.3, 0.4) is 0 Å². The first-order chi connectivity index (χ1) is 20.0. The molecular formula is C30H41Cl4N7O3. The number of para-hydroxylation sites is 1. The SMILES string of the molecule is CNC(=O)c1ccccc1Nc1nc(Nc2ccc3c(c2OC)CCC[C@H](N2CCN(CCO)CC2)C3)ncc1Cl.Cl.Cl.Cl. The maximum Gasteiger partial charge on any atom is 0.253 e. The van der Waals surface area contributed by atoms with Gasteiger partial charge in [0.2, 0.25) is 5.95 Å². The van der Waals surface area contributed by atoms with Crippen LogP contribution < -0.4 is 20.7 Å². The number of fused-ring (bicyclic) bond motifs is 1. The summed E-state index contributed by atoms with van der Waals surface area (Å²) in [6.07, 6.45) is 5.70. The molecule has 0 radical (unpaired) electrons. The maximum absolute atomic E-state index is 12.3. The van der Waals surface area contributed by atoms with Crippen LogP contribution in [0.1, 0.15) is 34.3 Å². The molecule has 0 unspecified atom stereocenters. The number of rotatable bonds is 9. The average Bonchev–Trinajstić information content (AvgIpc) is 3.22. The molecule has 1 saturated heterocycles. The predicted octanol–water partition coefficient (Wildman–Crippen LogP) is 5.11. The Morgan fingerprint density at radius 2 is 1.82 bits per heavy atom. The van der Waals surface area contributed by atoms with E-state index in [1.165, 1.54) is 17.3 Å². The van der Waals surface area contributed by atoms with Gasteiger partial charge in [-0.1, -0.05) is 29.8 Å². The molecular weight excluding hydrogens is 648 g/mol. The number of halogens is 4. The normalized spacial score (nSPS) is 16.6. The molecule has 1 aromatic heterocycles. The highest BCUT2D eigenvalue weighted by Gasteiger charge is 2.28. The largest absolute Gasteiger partial charge is 0.494 e. The Morgan fingerprint density at radius 1 is 1.07 bits per heavy atom. The van der Waals surface area contributed by atoms with Crippen LogP contribution in [0.5, 0.6) is 5.75 Å². The lowest BCUT2D eigenvalue weighted by molar-refractivity contribution is 0.0805. The molecule has 242 valence electrons. The fraction of sp³-hybridized carbons (Fsp3) is 0.433. The van der Waals surface area contributed by atoms with Gasteiger partial charge in [0.25, 0.3) is 5.91 Å². The quantitative estimate of drug-likeness (QED) is 0.228. The lowest BCUT2D eigenvalue weighted by atomic mass is 9.98. The number of anilines is 4. The molecule has 4 N–H and O–H groups in total. The lowest BCUT2D eigenvalue weighted by Crippen LogP contribution is -2.51. The van der Waals surface area contributed by atoms with Crippen molar-refractivity contribution >= 4 is 77.9 Å². The Bertz CT molecular complexity index is 1380. The number of nitrogens with one attached hydrogen (secondary N) is 3. The first kappa shape index (κ1) is 37.6. The molecule has 44 heavy (non-hydrogen) atoms. The minimum absolute atomic E-state index is 0. The first-order valence-corrected chi connectivity index (χ1v) is 14.5. The van der Waals surface area contributed by atoms with E-state index in [0.717, 1.165) is 69.8 Å². The van der Waals surface area contributed by atoms with Gasteiger partial charge in [0.15, 0.2) is 5.82 Å². The number of aliphatic hydroxyl groups excluding tert-OH is 1. The van der Waals surface area contributed by atoms with Crippen LogP contribution in [-0.4, -0.2) is 90.3 Å². The number of carbonyl (C=O) groups is 1. The molecule has 3 aromatic rings. The molecule has 1 aliphatic heterocycles. The Hall–Kier alpha value is -2.57. The summed E-state index contributed by atoms with van der Waals surface area (Å²) in [6, 6.07) is 11.9. The Labute approximate surface area is 282 Å². The number of ether oxygens (including phenoxy) is 1. The van der Waals surface area contributed by atoms with E-state index in [4.69, 9.17) is 16.3 Å². The number of β-amino-alcohol motifs (C(OH)–C–C–N with tert-alkyl or cyclic N) is 1. The van der Waals surface area contributed by atoms with Crippen molar-refractivity contribution in [1.82, 2.24) is 25.1 Å². The second-order valence-electron chi connectivity index (χ2n) is 10.4. The van der Waals surface area contributed by atoms with Crippen LogP contribution >= 0.6 is 48.8 Å². The topological polar surface area (TPSA) is 115 Å². The van der Waals surface area contributed by atoms with Crippen LogP contribution in [-0.2, 0) is 12.8 Å². The van der Waals surface area contributed by atoms with Gasteiger partial charge in [-0.15, -0.1) is 37.2 Å². The third-order valence-corrected chi connectivity index (χ3v) is 8.24. The van der Waals surface area contributed by atoms with Crippen LogP contribution in [0.15, 0.2) is 42.6 Å². The van der Waals surface area contributed by atoms with Crippen molar-refractivity contribution < 1.29 is 14.6 Å². The molecule has 14 heteroatoms. The van der Waals surface area contributed by atoms with Gasteiger partial charge in [-0.3, -0.25) is 14.6 Å². The van der Waals surface area contributed by atoms with E-state index in [1.807, 2.05) is 12.1 Å². The summed E-state index contributed by atoms with van der Waals surface area (Å²) in [5.41, 5.74) is 4.41. The molecule has 0 bridgehead atoms. The number of nitrogens with zero attached hydrogens (tertiary/aromatic N) is 4. The van der Waals surface area contributed by atoms with E-state index in [9.17, 15) is 9.90 Å². The van der Waals surface area contributed by atoms with Gasteiger partial charge >= 0.3 is 0 Å². The highest BCUT2D eigenvalue weighted by molar-refractivity contribution is 6.33. The zero-order valence-electron chi connectivity index (χ0n) is 24.8. The van der Waals surface area contributed by atoms with Gasteiger partial charge in [0.1, 0.15) is 10.8 Å². The van der Waals surface area contributed by atoms with E-state index >= 15 is 0 Å². The van der Waals surface area contributed by atoms with Crippen molar-refractivity contribution in [3.05, 3.63) is 64.3 Å². The summed E-state index contributed by atoms with van der Waals surface area (Å²) < 4.78 is 5.95. The summed E-state index contributed by atoms with van der Waals surface area (Å²) in [5, 5.41) is 18.8. The molecule has 1 amide bonds. The number of carbonyl (C=O) groups excluding carboxylic acids is 1. The van der Waals surface area contributed by atoms with Crippen molar-refractivity contribution in [2.45, 2.75) is 31.7 Å². The summed E-state index contributed by atoms with van der Waals surface area (Å²) in [7, 11) is 3.29. The summed E-state index contributed by atoms with van der Waals surface area (Å²) >= 11 is 6.43. The van der Waals surface area contributed by atoms with Crippen molar-refractivity contribution in [1.29, 1.82) is 0 Å². The fourth-order valence-electron chi connectivity index (χ4n) is 5.83. The van der Waals surface area contributed by atoms with Gasteiger partial charge in [-0.25, -0.2) is 4.98 Å². The third-order valence-electron chi connectivity index (χ3n) is 7.96. The molecule has 5 rings (SSSR count). The van der Waals surface area contributed by atoms with Crippen molar-refractivity contribution in [2.75, 3.05) is 64.1 Å². The molecule has 1 atom stereocenters. The Morgan fingerprint density at radius 3 is 2.52 bits per heavy atom. The minimum atomic E-state index is -0.211. The Balaban J connectivity index is 0.00000225. The van der Waals surface area contributed by atoms with Gasteiger partial charge < -0.3 is 25.8 Å². The second-order valence-corrected chi connectivity index (χ2v) is 10.8. The number of benzene rings is 2. The highest BCUT2D eigenvalue weighted by atomic mass is 35.5. The molecule has 10 nitrogen and oxygen atoms in total. The van der Waals surface area contributed by atoms with Crippen molar-refractivity contribution in [3.8, 4) is 5.75 Å². The molecule has 2 aliphatic rings. The van der Waals surface area contributed by atoms with E-state index in [1.54, 1.807) is 32.4 Å². The number of piperazine rings is 1. The van der Waals surface area contributed by atoms with E-state index in [2.05, 4.69) is 41.8 Å². The molecule has 0 saturated carbocycles. The standard InChI is InChI=1S/C30H38ClN7O3.3ClH/c1-32-29(40)23-7-3-4-9-25(23)34-28-24(31)19-33-30(36-28)35-26-11-10-20-18-21(6-5-8-22(20)27(26)41-2)38-14-12-37(13-15-38)16-17-39;;;/h3-4,7,9-11,19,21,39H,5-6,8,12-18H2,1-2H3,(H,32,40)(H2,33,34,35,36);3*1H/t21-;;;/m0.../s1. The number of aromatic nitrogens is 2. The Kier molecular flexibility index (Phi) is 15.2. The van der Waals surface area contributed by atoms with Gasteiger partial charge in [0, 0.05) is 45.8 Å². The summed E-state index contributed by atoms with van der Waals surface area (Å²) in [5.74, 6) is 1.35. The van der Waals surface area contributed by atoms with E-state index in [0.29, 0.717) is 34.1 Å². The number of methoxy groups -OCH3 is 1. The van der Waals surface area contributed by atoms with E-state index in [-0.39, 0.29) is 49.7 Å². The van der Waals surface area contributed by atoms with Crippen LogP contribution in [0, 0.1) is 0 Å². The minimum Gasteiger partial charge on any atom is -0.494 e.